The zero-order chi connectivity index (χ0) is 19.9. The molecule has 1 N–H and O–H groups in total. The summed E-state index contributed by atoms with van der Waals surface area (Å²) in [5.41, 5.74) is 1.41. The van der Waals surface area contributed by atoms with E-state index in [1.54, 1.807) is 24.3 Å². The minimum atomic E-state index is -3.32. The Balaban J connectivity index is 1.85. The largest absolute Gasteiger partial charge is 0.494 e. The van der Waals surface area contributed by atoms with Gasteiger partial charge in [-0.15, -0.1) is 0 Å². The lowest BCUT2D eigenvalue weighted by Gasteiger charge is -2.16. The predicted molar refractivity (Wildman–Crippen MR) is 105 cm³/mol. The van der Waals surface area contributed by atoms with Gasteiger partial charge in [0, 0.05) is 19.2 Å². The van der Waals surface area contributed by atoms with Gasteiger partial charge in [0.15, 0.2) is 6.61 Å². The molecule has 0 radical (unpaired) electrons. The average molecular weight is 392 g/mol. The van der Waals surface area contributed by atoms with E-state index >= 15 is 0 Å². The number of carbonyl (C=O) groups excluding carboxylic acids is 1. The number of nitrogens with zero attached hydrogens (tertiary/aromatic N) is 1. The molecule has 0 saturated carbocycles. The third kappa shape index (κ3) is 6.18. The smallest absolute Gasteiger partial charge is 0.258 e. The normalized spacial score (nSPS) is 10.9. The van der Waals surface area contributed by atoms with Crippen LogP contribution in [0, 0.1) is 0 Å². The van der Waals surface area contributed by atoms with Crippen molar-refractivity contribution in [3.63, 3.8) is 0 Å². The minimum absolute atomic E-state index is 0.141. The first-order chi connectivity index (χ1) is 12.8. The second-order valence-corrected chi connectivity index (χ2v) is 7.84. The summed E-state index contributed by atoms with van der Waals surface area (Å²) in [6.45, 7) is 2.66. The van der Waals surface area contributed by atoms with Crippen molar-refractivity contribution in [3.05, 3.63) is 54.1 Å². The topological polar surface area (TPSA) is 84.9 Å². The highest BCUT2D eigenvalue weighted by atomic mass is 32.2. The Morgan fingerprint density at radius 2 is 1.74 bits per heavy atom. The molecule has 146 valence electrons. The summed E-state index contributed by atoms with van der Waals surface area (Å²) in [7, 11) is -1.85. The van der Waals surface area contributed by atoms with Crippen LogP contribution < -0.4 is 19.1 Å². The molecule has 0 saturated heterocycles. The van der Waals surface area contributed by atoms with Crippen LogP contribution in [-0.2, 0) is 21.4 Å². The van der Waals surface area contributed by atoms with Crippen LogP contribution in [0.1, 0.15) is 12.5 Å². The summed E-state index contributed by atoms with van der Waals surface area (Å²) in [5, 5.41) is 2.79. The molecule has 2 aromatic rings. The number of para-hydroxylation sites is 1. The van der Waals surface area contributed by atoms with Gasteiger partial charge in [-0.25, -0.2) is 8.42 Å². The Labute approximate surface area is 160 Å². The van der Waals surface area contributed by atoms with Crippen molar-refractivity contribution in [3.8, 4) is 11.5 Å². The van der Waals surface area contributed by atoms with Crippen LogP contribution in [0.2, 0.25) is 0 Å². The SMILES string of the molecule is CCOc1ccccc1CNC(=O)COc1ccc(N(C)S(C)(=O)=O)cc1. The standard InChI is InChI=1S/C19H24N2O5S/c1-4-25-18-8-6-5-7-15(18)13-20-19(22)14-26-17-11-9-16(10-12-17)21(2)27(3,23)24/h5-12H,4,13-14H2,1-3H3,(H,20,22). The molecule has 0 aromatic heterocycles. The second-order valence-electron chi connectivity index (χ2n) is 5.83. The van der Waals surface area contributed by atoms with Gasteiger partial charge in [-0.05, 0) is 37.3 Å². The Hall–Kier alpha value is -2.74. The van der Waals surface area contributed by atoms with E-state index in [1.807, 2.05) is 31.2 Å². The maximum absolute atomic E-state index is 12.0. The zero-order valence-corrected chi connectivity index (χ0v) is 16.5. The third-order valence-corrected chi connectivity index (χ3v) is 5.02. The fraction of sp³-hybridized carbons (Fsp3) is 0.316. The van der Waals surface area contributed by atoms with E-state index in [0.717, 1.165) is 17.6 Å². The third-order valence-electron chi connectivity index (χ3n) is 3.82. The van der Waals surface area contributed by atoms with Crippen molar-refractivity contribution in [2.45, 2.75) is 13.5 Å². The molecule has 0 fully saturated rings. The van der Waals surface area contributed by atoms with E-state index in [1.165, 1.54) is 11.4 Å². The number of carbonyl (C=O) groups is 1. The molecule has 7 nitrogen and oxygen atoms in total. The summed E-state index contributed by atoms with van der Waals surface area (Å²) >= 11 is 0. The minimum Gasteiger partial charge on any atom is -0.494 e. The van der Waals surface area contributed by atoms with Crippen molar-refractivity contribution in [2.75, 3.05) is 30.8 Å². The first kappa shape index (κ1) is 20.6. The van der Waals surface area contributed by atoms with Crippen LogP contribution in [0.5, 0.6) is 11.5 Å². The van der Waals surface area contributed by atoms with Gasteiger partial charge in [-0.2, -0.15) is 0 Å². The number of hydrogen-bond acceptors (Lipinski definition) is 5. The lowest BCUT2D eigenvalue weighted by atomic mass is 10.2. The highest BCUT2D eigenvalue weighted by Gasteiger charge is 2.12. The highest BCUT2D eigenvalue weighted by Crippen LogP contribution is 2.20. The summed E-state index contributed by atoms with van der Waals surface area (Å²) in [4.78, 5) is 12.0. The van der Waals surface area contributed by atoms with Crippen LogP contribution in [0.15, 0.2) is 48.5 Å². The van der Waals surface area contributed by atoms with Gasteiger partial charge in [0.2, 0.25) is 10.0 Å². The van der Waals surface area contributed by atoms with Crippen LogP contribution in [0.4, 0.5) is 5.69 Å². The lowest BCUT2D eigenvalue weighted by molar-refractivity contribution is -0.123. The first-order valence-corrected chi connectivity index (χ1v) is 10.3. The number of sulfonamides is 1. The van der Waals surface area contributed by atoms with Crippen LogP contribution >= 0.6 is 0 Å². The quantitative estimate of drug-likeness (QED) is 0.707. The van der Waals surface area contributed by atoms with Gasteiger partial charge in [0.1, 0.15) is 11.5 Å². The van der Waals surface area contributed by atoms with Gasteiger partial charge in [0.25, 0.3) is 5.91 Å². The summed E-state index contributed by atoms with van der Waals surface area (Å²) in [6.07, 6.45) is 1.13. The Morgan fingerprint density at radius 3 is 2.37 bits per heavy atom. The van der Waals surface area contributed by atoms with Gasteiger partial charge >= 0.3 is 0 Å². The molecule has 27 heavy (non-hydrogen) atoms. The molecule has 0 aliphatic carbocycles. The number of rotatable bonds is 9. The van der Waals surface area contributed by atoms with Gasteiger partial charge in [-0.3, -0.25) is 9.10 Å². The molecule has 0 aliphatic rings. The van der Waals surface area contributed by atoms with E-state index in [9.17, 15) is 13.2 Å². The molecule has 0 heterocycles. The number of hydrogen-bond donors (Lipinski definition) is 1. The highest BCUT2D eigenvalue weighted by molar-refractivity contribution is 7.92. The molecular formula is C19H24N2O5S. The van der Waals surface area contributed by atoms with Crippen molar-refractivity contribution in [2.24, 2.45) is 0 Å². The number of anilines is 1. The van der Waals surface area contributed by atoms with Crippen LogP contribution in [0.25, 0.3) is 0 Å². The monoisotopic (exact) mass is 392 g/mol. The molecule has 0 aliphatic heterocycles. The molecule has 0 bridgehead atoms. The molecular weight excluding hydrogens is 368 g/mol. The summed E-state index contributed by atoms with van der Waals surface area (Å²) in [5.74, 6) is 0.955. The van der Waals surface area contributed by atoms with E-state index in [-0.39, 0.29) is 12.5 Å². The van der Waals surface area contributed by atoms with Gasteiger partial charge < -0.3 is 14.8 Å². The Bertz CT molecular complexity index is 866. The van der Waals surface area contributed by atoms with E-state index in [4.69, 9.17) is 9.47 Å². The summed E-state index contributed by atoms with van der Waals surface area (Å²) < 4.78 is 35.2. The van der Waals surface area contributed by atoms with Crippen molar-refractivity contribution in [1.29, 1.82) is 0 Å². The molecule has 2 rings (SSSR count). The van der Waals surface area contributed by atoms with Crippen molar-refractivity contribution >= 4 is 21.6 Å². The molecule has 2 aromatic carbocycles. The fourth-order valence-electron chi connectivity index (χ4n) is 2.28. The van der Waals surface area contributed by atoms with Crippen molar-refractivity contribution < 1.29 is 22.7 Å². The number of ether oxygens (including phenoxy) is 2. The predicted octanol–water partition coefficient (Wildman–Crippen LogP) is 2.18. The first-order valence-electron chi connectivity index (χ1n) is 8.45. The second kappa shape index (κ2) is 9.27. The molecule has 0 unspecified atom stereocenters. The number of benzene rings is 2. The van der Waals surface area contributed by atoms with E-state index in [0.29, 0.717) is 24.6 Å². The maximum Gasteiger partial charge on any atom is 0.258 e. The number of nitrogens with one attached hydrogen (secondary N) is 1. The average Bonchev–Trinajstić information content (AvgIpc) is 2.65. The lowest BCUT2D eigenvalue weighted by Crippen LogP contribution is -2.28. The van der Waals surface area contributed by atoms with E-state index < -0.39 is 10.0 Å². The van der Waals surface area contributed by atoms with E-state index in [2.05, 4.69) is 5.32 Å². The fourth-order valence-corrected chi connectivity index (χ4v) is 2.79. The van der Waals surface area contributed by atoms with Crippen molar-refractivity contribution in [1.82, 2.24) is 5.32 Å². The molecule has 0 atom stereocenters. The molecule has 1 amide bonds. The zero-order valence-electron chi connectivity index (χ0n) is 15.6. The number of amides is 1. The Morgan fingerprint density at radius 1 is 1.07 bits per heavy atom. The molecule has 8 heteroatoms. The van der Waals surface area contributed by atoms with Gasteiger partial charge in [-0.1, -0.05) is 18.2 Å². The van der Waals surface area contributed by atoms with Gasteiger partial charge in [0.05, 0.1) is 18.6 Å². The van der Waals surface area contributed by atoms with Crippen LogP contribution in [0.3, 0.4) is 0 Å². The summed E-state index contributed by atoms with van der Waals surface area (Å²) in [6, 6.07) is 14.0. The van der Waals surface area contributed by atoms with Crippen LogP contribution in [-0.4, -0.2) is 40.8 Å². The maximum atomic E-state index is 12.0. The molecule has 0 spiro atoms. The Kier molecular flexibility index (Phi) is 7.06.